The molecule has 0 N–H and O–H groups in total. The summed E-state index contributed by atoms with van der Waals surface area (Å²) in [4.78, 5) is 12.8. The van der Waals surface area contributed by atoms with E-state index in [0.29, 0.717) is 5.75 Å². The van der Waals surface area contributed by atoms with Crippen LogP contribution >= 0.6 is 11.8 Å². The summed E-state index contributed by atoms with van der Waals surface area (Å²) in [6.45, 7) is 4.83. The number of hydrogen-bond acceptors (Lipinski definition) is 4. The predicted octanol–water partition coefficient (Wildman–Crippen LogP) is 4.17. The van der Waals surface area contributed by atoms with Crippen molar-refractivity contribution in [2.45, 2.75) is 25.5 Å². The first kappa shape index (κ1) is 17.5. The summed E-state index contributed by atoms with van der Waals surface area (Å²) in [7, 11) is 0. The average Bonchev–Trinajstić information content (AvgIpc) is 3.23. The molecule has 1 aromatic carbocycles. The summed E-state index contributed by atoms with van der Waals surface area (Å²) in [5, 5.41) is 9.04. The van der Waals surface area contributed by atoms with Crippen LogP contribution in [0.3, 0.4) is 0 Å². The van der Waals surface area contributed by atoms with Crippen LogP contribution < -0.4 is 0 Å². The van der Waals surface area contributed by atoms with Crippen LogP contribution in [0.25, 0.3) is 5.65 Å². The number of thioether (sulfide) groups is 1. The molecule has 0 saturated carbocycles. The van der Waals surface area contributed by atoms with Crippen LogP contribution in [-0.2, 0) is 6.54 Å². The van der Waals surface area contributed by atoms with Crippen LogP contribution in [0, 0.1) is 13.8 Å². The number of rotatable bonds is 6. The molecule has 0 aliphatic carbocycles. The quantitative estimate of drug-likeness (QED) is 0.374. The van der Waals surface area contributed by atoms with Gasteiger partial charge in [-0.1, -0.05) is 48.2 Å². The predicted molar refractivity (Wildman–Crippen MR) is 107 cm³/mol. The van der Waals surface area contributed by atoms with E-state index in [2.05, 4.69) is 26.9 Å². The molecule has 5 nitrogen and oxygen atoms in total. The Hall–Kier alpha value is -2.86. The van der Waals surface area contributed by atoms with Gasteiger partial charge in [0.05, 0.1) is 5.75 Å². The molecule has 0 spiro atoms. The van der Waals surface area contributed by atoms with Crippen molar-refractivity contribution >= 4 is 23.2 Å². The van der Waals surface area contributed by atoms with Gasteiger partial charge in [0.15, 0.2) is 16.6 Å². The van der Waals surface area contributed by atoms with Crippen LogP contribution in [0.15, 0.2) is 66.0 Å². The molecule has 0 aliphatic rings. The highest BCUT2D eigenvalue weighted by Gasteiger charge is 2.17. The third-order valence-corrected chi connectivity index (χ3v) is 5.62. The zero-order chi connectivity index (χ0) is 18.8. The van der Waals surface area contributed by atoms with E-state index in [1.54, 1.807) is 0 Å². The normalized spacial score (nSPS) is 11.2. The number of carbonyl (C=O) groups excluding carboxylic acids is 1. The van der Waals surface area contributed by atoms with Gasteiger partial charge in [-0.25, -0.2) is 0 Å². The molecule has 0 fully saturated rings. The summed E-state index contributed by atoms with van der Waals surface area (Å²) in [5.74, 6) is 0.450. The fourth-order valence-corrected chi connectivity index (χ4v) is 4.03. The van der Waals surface area contributed by atoms with Gasteiger partial charge in [-0.05, 0) is 37.6 Å². The Labute approximate surface area is 162 Å². The zero-order valence-corrected chi connectivity index (χ0v) is 16.1. The van der Waals surface area contributed by atoms with Crippen LogP contribution in [0.2, 0.25) is 0 Å². The summed E-state index contributed by atoms with van der Waals surface area (Å²) < 4.78 is 4.09. The van der Waals surface area contributed by atoms with Crippen molar-refractivity contribution in [3.05, 3.63) is 83.3 Å². The topological polar surface area (TPSA) is 52.2 Å². The maximum absolute atomic E-state index is 12.8. The molecule has 0 aliphatic heterocycles. The van der Waals surface area contributed by atoms with Gasteiger partial charge in [0.1, 0.15) is 0 Å². The number of carbonyl (C=O) groups is 1. The molecule has 0 atom stereocenters. The van der Waals surface area contributed by atoms with E-state index < -0.39 is 0 Å². The van der Waals surface area contributed by atoms with E-state index in [9.17, 15) is 4.79 Å². The van der Waals surface area contributed by atoms with E-state index in [0.717, 1.165) is 34.3 Å². The van der Waals surface area contributed by atoms with Crippen molar-refractivity contribution in [2.75, 3.05) is 5.75 Å². The van der Waals surface area contributed by atoms with E-state index >= 15 is 0 Å². The van der Waals surface area contributed by atoms with Gasteiger partial charge in [0.25, 0.3) is 0 Å². The summed E-state index contributed by atoms with van der Waals surface area (Å²) in [6, 6.07) is 18.0. The van der Waals surface area contributed by atoms with Gasteiger partial charge in [-0.15, -0.1) is 10.2 Å². The molecule has 3 heterocycles. The van der Waals surface area contributed by atoms with E-state index in [-0.39, 0.29) is 5.78 Å². The van der Waals surface area contributed by atoms with Crippen molar-refractivity contribution in [1.29, 1.82) is 0 Å². The van der Waals surface area contributed by atoms with Gasteiger partial charge >= 0.3 is 0 Å². The second kappa shape index (κ2) is 7.40. The Morgan fingerprint density at radius 3 is 2.63 bits per heavy atom. The largest absolute Gasteiger partial charge is 0.344 e. The van der Waals surface area contributed by atoms with Gasteiger partial charge in [0, 0.05) is 29.7 Å². The Morgan fingerprint density at radius 1 is 1.04 bits per heavy atom. The van der Waals surface area contributed by atoms with Crippen molar-refractivity contribution in [2.24, 2.45) is 0 Å². The molecule has 0 unspecified atom stereocenters. The van der Waals surface area contributed by atoms with Crippen molar-refractivity contribution in [3.8, 4) is 0 Å². The summed E-state index contributed by atoms with van der Waals surface area (Å²) >= 11 is 1.42. The Bertz CT molecular complexity index is 1100. The highest BCUT2D eigenvalue weighted by atomic mass is 32.2. The van der Waals surface area contributed by atoms with E-state index in [4.69, 9.17) is 0 Å². The number of hydrogen-bond donors (Lipinski definition) is 0. The molecule has 0 radical (unpaired) electrons. The third-order valence-electron chi connectivity index (χ3n) is 4.67. The number of pyridine rings is 1. The molecule has 0 amide bonds. The number of aromatic nitrogens is 4. The first-order valence-corrected chi connectivity index (χ1v) is 9.78. The fraction of sp³-hybridized carbons (Fsp3) is 0.190. The number of Topliss-reactive ketones (excluding diaryl/α,β-unsaturated/α-hetero) is 1. The SMILES string of the molecule is Cc1cc(C(=O)CSc2nnc3ccccn23)c(C)n1Cc1ccccc1. The number of fused-ring (bicyclic) bond motifs is 1. The van der Waals surface area contributed by atoms with Crippen LogP contribution in [0.1, 0.15) is 27.3 Å². The van der Waals surface area contributed by atoms with Gasteiger partial charge in [0.2, 0.25) is 0 Å². The lowest BCUT2D eigenvalue weighted by molar-refractivity contribution is 0.102. The fourth-order valence-electron chi connectivity index (χ4n) is 3.22. The zero-order valence-electron chi connectivity index (χ0n) is 15.3. The summed E-state index contributed by atoms with van der Waals surface area (Å²) in [5.41, 5.74) is 4.89. The lowest BCUT2D eigenvalue weighted by Gasteiger charge is -2.10. The summed E-state index contributed by atoms with van der Waals surface area (Å²) in [6.07, 6.45) is 1.91. The Morgan fingerprint density at radius 2 is 1.81 bits per heavy atom. The average molecular weight is 376 g/mol. The Balaban J connectivity index is 1.51. The van der Waals surface area contributed by atoms with E-state index in [1.165, 1.54) is 17.3 Å². The Kier molecular flexibility index (Phi) is 4.81. The molecule has 0 bridgehead atoms. The highest BCUT2D eigenvalue weighted by Crippen LogP contribution is 2.22. The maximum Gasteiger partial charge on any atom is 0.196 e. The molecular weight excluding hydrogens is 356 g/mol. The third kappa shape index (κ3) is 3.53. The molecule has 4 aromatic rings. The van der Waals surface area contributed by atoms with Gasteiger partial charge < -0.3 is 4.57 Å². The molecule has 136 valence electrons. The minimum Gasteiger partial charge on any atom is -0.344 e. The number of benzene rings is 1. The lowest BCUT2D eigenvalue weighted by atomic mass is 10.2. The van der Waals surface area contributed by atoms with Crippen molar-refractivity contribution < 1.29 is 4.79 Å². The molecule has 6 heteroatoms. The minimum atomic E-state index is 0.111. The molecule has 27 heavy (non-hydrogen) atoms. The minimum absolute atomic E-state index is 0.111. The standard InChI is InChI=1S/C21H20N4OS/c1-15-12-18(16(2)25(15)13-17-8-4-3-5-9-17)19(26)14-27-21-23-22-20-10-6-7-11-24(20)21/h3-12H,13-14H2,1-2H3. The second-order valence-corrected chi connectivity index (χ2v) is 7.42. The smallest absolute Gasteiger partial charge is 0.196 e. The number of aryl methyl sites for hydroxylation is 1. The first-order chi connectivity index (χ1) is 13.1. The molecule has 4 rings (SSSR count). The van der Waals surface area contributed by atoms with Crippen LogP contribution in [0.4, 0.5) is 0 Å². The molecule has 0 saturated heterocycles. The van der Waals surface area contributed by atoms with Crippen LogP contribution in [-0.4, -0.2) is 30.7 Å². The van der Waals surface area contributed by atoms with E-state index in [1.807, 2.05) is 66.9 Å². The number of nitrogens with zero attached hydrogens (tertiary/aromatic N) is 4. The lowest BCUT2D eigenvalue weighted by Crippen LogP contribution is -2.08. The van der Waals surface area contributed by atoms with Crippen LogP contribution in [0.5, 0.6) is 0 Å². The van der Waals surface area contributed by atoms with Gasteiger partial charge in [-0.2, -0.15) is 0 Å². The van der Waals surface area contributed by atoms with Crippen molar-refractivity contribution in [1.82, 2.24) is 19.2 Å². The maximum atomic E-state index is 12.8. The molecular formula is C21H20N4OS. The number of ketones is 1. The van der Waals surface area contributed by atoms with Gasteiger partial charge in [-0.3, -0.25) is 9.20 Å². The monoisotopic (exact) mass is 376 g/mol. The highest BCUT2D eigenvalue weighted by molar-refractivity contribution is 7.99. The molecule has 3 aromatic heterocycles. The first-order valence-electron chi connectivity index (χ1n) is 8.80. The second-order valence-electron chi connectivity index (χ2n) is 6.48. The van der Waals surface area contributed by atoms with Crippen molar-refractivity contribution in [3.63, 3.8) is 0 Å².